The van der Waals surface area contributed by atoms with E-state index in [9.17, 15) is 4.79 Å². The Morgan fingerprint density at radius 2 is 2.26 bits per heavy atom. The fourth-order valence-corrected chi connectivity index (χ4v) is 2.05. The lowest BCUT2D eigenvalue weighted by molar-refractivity contribution is -0.165. The Hall–Kier alpha value is -1.39. The molecule has 0 radical (unpaired) electrons. The molecule has 1 unspecified atom stereocenters. The summed E-state index contributed by atoms with van der Waals surface area (Å²) in [5.41, 5.74) is 1.61. The summed E-state index contributed by atoms with van der Waals surface area (Å²) in [5.74, 6) is 0.760. The van der Waals surface area contributed by atoms with Crippen molar-refractivity contribution in [3.63, 3.8) is 0 Å². The van der Waals surface area contributed by atoms with Gasteiger partial charge in [-0.15, -0.1) is 0 Å². The standard InChI is InChI=1S/C15H20O4/c1-12-10-14(6-5-13(12)11-16)17-8-9-19-15-4-2-3-7-18-15/h5-6,10-11,15H,2-4,7-9H2,1H3. The fraction of sp³-hybridized carbons (Fsp3) is 0.533. The van der Waals surface area contributed by atoms with Crippen LogP contribution < -0.4 is 4.74 Å². The van der Waals surface area contributed by atoms with E-state index in [-0.39, 0.29) is 6.29 Å². The monoisotopic (exact) mass is 264 g/mol. The first-order chi connectivity index (χ1) is 9.29. The average Bonchev–Trinajstić information content (AvgIpc) is 2.45. The largest absolute Gasteiger partial charge is 0.491 e. The Labute approximate surface area is 113 Å². The van der Waals surface area contributed by atoms with Crippen molar-refractivity contribution in [3.8, 4) is 5.75 Å². The van der Waals surface area contributed by atoms with E-state index in [0.29, 0.717) is 18.8 Å². The Bertz CT molecular complexity index is 411. The number of hydrogen-bond acceptors (Lipinski definition) is 4. The maximum Gasteiger partial charge on any atom is 0.157 e. The van der Waals surface area contributed by atoms with Crippen molar-refractivity contribution in [2.24, 2.45) is 0 Å². The number of ether oxygens (including phenoxy) is 3. The molecule has 4 heteroatoms. The van der Waals surface area contributed by atoms with E-state index in [4.69, 9.17) is 14.2 Å². The van der Waals surface area contributed by atoms with Gasteiger partial charge in [-0.25, -0.2) is 0 Å². The topological polar surface area (TPSA) is 44.8 Å². The van der Waals surface area contributed by atoms with E-state index in [2.05, 4.69) is 0 Å². The molecule has 1 saturated heterocycles. The number of rotatable bonds is 6. The van der Waals surface area contributed by atoms with Crippen LogP contribution in [0, 0.1) is 6.92 Å². The number of benzene rings is 1. The third-order valence-electron chi connectivity index (χ3n) is 3.16. The second-order valence-electron chi connectivity index (χ2n) is 4.65. The summed E-state index contributed by atoms with van der Waals surface area (Å²) >= 11 is 0. The van der Waals surface area contributed by atoms with E-state index in [1.54, 1.807) is 12.1 Å². The molecule has 1 heterocycles. The highest BCUT2D eigenvalue weighted by Crippen LogP contribution is 2.16. The second-order valence-corrected chi connectivity index (χ2v) is 4.65. The smallest absolute Gasteiger partial charge is 0.157 e. The van der Waals surface area contributed by atoms with Gasteiger partial charge in [0.1, 0.15) is 18.6 Å². The summed E-state index contributed by atoms with van der Waals surface area (Å²) in [6, 6.07) is 5.43. The first-order valence-corrected chi connectivity index (χ1v) is 6.71. The van der Waals surface area contributed by atoms with Gasteiger partial charge in [-0.1, -0.05) is 0 Å². The zero-order chi connectivity index (χ0) is 13.5. The molecule has 1 aromatic carbocycles. The molecule has 1 aliphatic heterocycles. The molecule has 2 rings (SSSR count). The van der Waals surface area contributed by atoms with E-state index >= 15 is 0 Å². The van der Waals surface area contributed by atoms with Crippen molar-refractivity contribution >= 4 is 6.29 Å². The summed E-state index contributed by atoms with van der Waals surface area (Å²) in [5, 5.41) is 0. The van der Waals surface area contributed by atoms with Crippen LogP contribution in [0.2, 0.25) is 0 Å². The summed E-state index contributed by atoms with van der Waals surface area (Å²) in [4.78, 5) is 10.7. The third kappa shape index (κ3) is 4.33. The molecule has 0 amide bonds. The third-order valence-corrected chi connectivity index (χ3v) is 3.16. The van der Waals surface area contributed by atoms with Crippen LogP contribution in [-0.4, -0.2) is 32.4 Å². The van der Waals surface area contributed by atoms with Crippen LogP contribution in [0.25, 0.3) is 0 Å². The molecular formula is C15H20O4. The average molecular weight is 264 g/mol. The minimum absolute atomic E-state index is 0.0727. The lowest BCUT2D eigenvalue weighted by Gasteiger charge is -2.22. The lowest BCUT2D eigenvalue weighted by atomic mass is 10.1. The van der Waals surface area contributed by atoms with Gasteiger partial charge < -0.3 is 14.2 Å². The van der Waals surface area contributed by atoms with Crippen LogP contribution in [0.5, 0.6) is 5.75 Å². The van der Waals surface area contributed by atoms with Crippen LogP contribution in [0.3, 0.4) is 0 Å². The highest BCUT2D eigenvalue weighted by Gasteiger charge is 2.13. The molecule has 104 valence electrons. The minimum atomic E-state index is -0.0727. The molecule has 0 bridgehead atoms. The van der Waals surface area contributed by atoms with Crippen LogP contribution >= 0.6 is 0 Å². The second kappa shape index (κ2) is 7.26. The number of carbonyl (C=O) groups is 1. The zero-order valence-corrected chi connectivity index (χ0v) is 11.3. The van der Waals surface area contributed by atoms with Crippen LogP contribution in [0.1, 0.15) is 35.2 Å². The summed E-state index contributed by atoms with van der Waals surface area (Å²) in [6.07, 6.45) is 4.03. The maximum absolute atomic E-state index is 10.7. The fourth-order valence-electron chi connectivity index (χ4n) is 2.05. The van der Waals surface area contributed by atoms with Gasteiger partial charge in [0.25, 0.3) is 0 Å². The Morgan fingerprint density at radius 1 is 1.37 bits per heavy atom. The van der Waals surface area contributed by atoms with Gasteiger partial charge in [0.05, 0.1) is 6.61 Å². The summed E-state index contributed by atoms with van der Waals surface area (Å²) in [6.45, 7) is 3.68. The molecule has 0 N–H and O–H groups in total. The Balaban J connectivity index is 1.70. The van der Waals surface area contributed by atoms with Gasteiger partial charge in [0.15, 0.2) is 6.29 Å². The molecule has 1 atom stereocenters. The van der Waals surface area contributed by atoms with E-state index < -0.39 is 0 Å². The zero-order valence-electron chi connectivity index (χ0n) is 11.3. The summed E-state index contributed by atoms with van der Waals surface area (Å²) < 4.78 is 16.6. The SMILES string of the molecule is Cc1cc(OCCOC2CCCCO2)ccc1C=O. The highest BCUT2D eigenvalue weighted by atomic mass is 16.7. The number of aldehydes is 1. The molecule has 4 nitrogen and oxygen atoms in total. The van der Waals surface area contributed by atoms with Crippen molar-refractivity contribution in [1.29, 1.82) is 0 Å². The van der Waals surface area contributed by atoms with Crippen molar-refractivity contribution < 1.29 is 19.0 Å². The van der Waals surface area contributed by atoms with Crippen molar-refractivity contribution in [3.05, 3.63) is 29.3 Å². The van der Waals surface area contributed by atoms with Crippen LogP contribution in [-0.2, 0) is 9.47 Å². The molecular weight excluding hydrogens is 244 g/mol. The molecule has 0 aromatic heterocycles. The molecule has 0 saturated carbocycles. The number of carbonyl (C=O) groups excluding carboxylic acids is 1. The van der Waals surface area contributed by atoms with Crippen LogP contribution in [0.4, 0.5) is 0 Å². The van der Waals surface area contributed by atoms with Gasteiger partial charge in [0, 0.05) is 12.2 Å². The summed E-state index contributed by atoms with van der Waals surface area (Å²) in [7, 11) is 0. The van der Waals surface area contributed by atoms with E-state index in [0.717, 1.165) is 43.5 Å². The molecule has 1 fully saturated rings. The highest BCUT2D eigenvalue weighted by molar-refractivity contribution is 5.77. The van der Waals surface area contributed by atoms with Gasteiger partial charge in [0.2, 0.25) is 0 Å². The number of hydrogen-bond donors (Lipinski definition) is 0. The van der Waals surface area contributed by atoms with Gasteiger partial charge >= 0.3 is 0 Å². The normalized spacial score (nSPS) is 19.1. The maximum atomic E-state index is 10.7. The minimum Gasteiger partial charge on any atom is -0.491 e. The van der Waals surface area contributed by atoms with E-state index in [1.807, 2.05) is 13.0 Å². The quantitative estimate of drug-likeness (QED) is 0.585. The first-order valence-electron chi connectivity index (χ1n) is 6.71. The Morgan fingerprint density at radius 3 is 2.95 bits per heavy atom. The van der Waals surface area contributed by atoms with Gasteiger partial charge in [-0.3, -0.25) is 4.79 Å². The van der Waals surface area contributed by atoms with Crippen molar-refractivity contribution in [2.45, 2.75) is 32.5 Å². The van der Waals surface area contributed by atoms with Crippen LogP contribution in [0.15, 0.2) is 18.2 Å². The van der Waals surface area contributed by atoms with Crippen molar-refractivity contribution in [1.82, 2.24) is 0 Å². The van der Waals surface area contributed by atoms with Crippen molar-refractivity contribution in [2.75, 3.05) is 19.8 Å². The molecule has 0 spiro atoms. The van der Waals surface area contributed by atoms with Gasteiger partial charge in [-0.2, -0.15) is 0 Å². The molecule has 0 aliphatic carbocycles. The van der Waals surface area contributed by atoms with E-state index in [1.165, 1.54) is 0 Å². The Kier molecular flexibility index (Phi) is 5.36. The molecule has 1 aliphatic rings. The predicted octanol–water partition coefficient (Wildman–Crippen LogP) is 2.73. The number of aryl methyl sites for hydroxylation is 1. The molecule has 1 aromatic rings. The predicted molar refractivity (Wildman–Crippen MR) is 71.6 cm³/mol. The first kappa shape index (κ1) is 14.0. The lowest BCUT2D eigenvalue weighted by Crippen LogP contribution is -2.24. The van der Waals surface area contributed by atoms with Gasteiger partial charge in [-0.05, 0) is 49.9 Å². The molecule has 19 heavy (non-hydrogen) atoms.